The minimum absolute atomic E-state index is 0.00874. The van der Waals surface area contributed by atoms with E-state index >= 15 is 0 Å². The second-order valence-electron chi connectivity index (χ2n) is 8.91. The van der Waals surface area contributed by atoms with Crippen molar-refractivity contribution in [2.45, 2.75) is 77.7 Å². The molecule has 1 aromatic carbocycles. The third-order valence-corrected chi connectivity index (χ3v) is 5.47. The molecule has 0 radical (unpaired) electrons. The second kappa shape index (κ2) is 7.39. The van der Waals surface area contributed by atoms with Gasteiger partial charge >= 0.3 is 12.1 Å². The van der Waals surface area contributed by atoms with Gasteiger partial charge in [-0.25, -0.2) is 14.0 Å². The van der Waals surface area contributed by atoms with Gasteiger partial charge in [0.1, 0.15) is 5.60 Å². The fraction of sp³-hybridized carbons (Fsp3) is 0.619. The molecule has 1 aliphatic carbocycles. The first-order valence-electron chi connectivity index (χ1n) is 9.83. The summed E-state index contributed by atoms with van der Waals surface area (Å²) in [7, 11) is 0. The lowest BCUT2D eigenvalue weighted by molar-refractivity contribution is -0.122. The number of carboxylic acids is 1. The lowest BCUT2D eigenvalue weighted by atomic mass is 9.81. The summed E-state index contributed by atoms with van der Waals surface area (Å²) in [6, 6.07) is 0.957. The normalized spacial score (nSPS) is 26.1. The molecule has 1 amide bonds. The van der Waals surface area contributed by atoms with Crippen molar-refractivity contribution in [3.8, 4) is 11.5 Å². The van der Waals surface area contributed by atoms with Crippen LogP contribution in [0.1, 0.15) is 69.3 Å². The first kappa shape index (κ1) is 21.2. The Hall–Kier alpha value is -2.51. The zero-order chi connectivity index (χ0) is 21.6. The number of amides is 1. The molecule has 1 atom stereocenters. The standard InChI is InChI=1S/C21H28FNO6/c1-11-14(18(24)25)10-15(22)17-16(11)27-21(5,28-17)12-6-8-13(9-7-12)23-19(26)29-20(2,3)4/h10,12-13H,6-9H2,1-5H3,(H,23,26)(H,24,25)/t12-,13-,21?. The number of hydrogen-bond acceptors (Lipinski definition) is 5. The van der Waals surface area contributed by atoms with Gasteiger partial charge in [0.25, 0.3) is 5.79 Å². The number of aromatic carboxylic acids is 1. The third-order valence-electron chi connectivity index (χ3n) is 5.47. The van der Waals surface area contributed by atoms with E-state index in [4.69, 9.17) is 14.2 Å². The fourth-order valence-corrected chi connectivity index (χ4v) is 3.97. The summed E-state index contributed by atoms with van der Waals surface area (Å²) in [6.45, 7) is 8.77. The maximum absolute atomic E-state index is 14.4. The Morgan fingerprint density at radius 3 is 2.34 bits per heavy atom. The van der Waals surface area contributed by atoms with E-state index in [1.807, 2.05) is 20.8 Å². The van der Waals surface area contributed by atoms with E-state index in [9.17, 15) is 19.1 Å². The van der Waals surface area contributed by atoms with Crippen molar-refractivity contribution >= 4 is 12.1 Å². The number of halogens is 1. The minimum Gasteiger partial charge on any atom is -0.478 e. The number of alkyl carbamates (subject to hydrolysis) is 1. The van der Waals surface area contributed by atoms with Crippen LogP contribution in [0.25, 0.3) is 0 Å². The molecule has 2 N–H and O–H groups in total. The van der Waals surface area contributed by atoms with Gasteiger partial charge in [-0.1, -0.05) is 0 Å². The summed E-state index contributed by atoms with van der Waals surface area (Å²) >= 11 is 0. The smallest absolute Gasteiger partial charge is 0.407 e. The van der Waals surface area contributed by atoms with Gasteiger partial charge in [0.05, 0.1) is 5.56 Å². The lowest BCUT2D eigenvalue weighted by Crippen LogP contribution is -2.48. The van der Waals surface area contributed by atoms with E-state index in [0.717, 1.165) is 6.07 Å². The van der Waals surface area contributed by atoms with E-state index in [1.54, 1.807) is 13.8 Å². The molecule has 7 nitrogen and oxygen atoms in total. The molecule has 8 heteroatoms. The van der Waals surface area contributed by atoms with Crippen molar-refractivity contribution in [1.82, 2.24) is 5.32 Å². The number of hydrogen-bond donors (Lipinski definition) is 2. The molecule has 1 unspecified atom stereocenters. The molecule has 2 aliphatic rings. The maximum atomic E-state index is 14.4. The monoisotopic (exact) mass is 409 g/mol. The highest BCUT2D eigenvalue weighted by Gasteiger charge is 2.47. The molecule has 29 heavy (non-hydrogen) atoms. The van der Waals surface area contributed by atoms with Crippen molar-refractivity contribution < 1.29 is 33.3 Å². The van der Waals surface area contributed by atoms with Crippen LogP contribution in [0.2, 0.25) is 0 Å². The average molecular weight is 409 g/mol. The zero-order valence-electron chi connectivity index (χ0n) is 17.4. The largest absolute Gasteiger partial charge is 0.478 e. The molecule has 0 saturated heterocycles. The molecular weight excluding hydrogens is 381 g/mol. The molecule has 1 saturated carbocycles. The molecule has 1 aromatic rings. The van der Waals surface area contributed by atoms with Crippen LogP contribution >= 0.6 is 0 Å². The van der Waals surface area contributed by atoms with Gasteiger partial charge in [0.2, 0.25) is 5.75 Å². The highest BCUT2D eigenvalue weighted by atomic mass is 19.1. The van der Waals surface area contributed by atoms with Crippen molar-refractivity contribution in [3.63, 3.8) is 0 Å². The summed E-state index contributed by atoms with van der Waals surface area (Å²) in [5, 5.41) is 12.2. The molecule has 3 rings (SSSR count). The number of ether oxygens (including phenoxy) is 3. The quantitative estimate of drug-likeness (QED) is 0.768. The molecule has 160 valence electrons. The van der Waals surface area contributed by atoms with E-state index < -0.39 is 29.3 Å². The predicted octanol–water partition coefficient (Wildman–Crippen LogP) is 4.40. The Kier molecular flexibility index (Phi) is 5.40. The van der Waals surface area contributed by atoms with Gasteiger partial charge in [0.15, 0.2) is 11.6 Å². The van der Waals surface area contributed by atoms with E-state index in [-0.39, 0.29) is 29.0 Å². The number of rotatable bonds is 3. The van der Waals surface area contributed by atoms with Gasteiger partial charge in [-0.05, 0) is 59.4 Å². The average Bonchev–Trinajstić information content (AvgIpc) is 2.96. The lowest BCUT2D eigenvalue weighted by Gasteiger charge is -2.37. The zero-order valence-corrected chi connectivity index (χ0v) is 17.4. The van der Waals surface area contributed by atoms with Crippen LogP contribution in [0.4, 0.5) is 9.18 Å². The van der Waals surface area contributed by atoms with Gasteiger partial charge < -0.3 is 24.6 Å². The fourth-order valence-electron chi connectivity index (χ4n) is 3.97. The summed E-state index contributed by atoms with van der Waals surface area (Å²) < 4.78 is 31.6. The summed E-state index contributed by atoms with van der Waals surface area (Å²) in [5.74, 6) is -2.95. The highest BCUT2D eigenvalue weighted by Crippen LogP contribution is 2.49. The predicted molar refractivity (Wildman–Crippen MR) is 103 cm³/mol. The van der Waals surface area contributed by atoms with Crippen LogP contribution in [-0.4, -0.2) is 34.6 Å². The summed E-state index contributed by atoms with van der Waals surface area (Å²) in [5.41, 5.74) is -0.347. The minimum atomic E-state index is -1.21. The molecule has 0 aromatic heterocycles. The van der Waals surface area contributed by atoms with E-state index in [1.165, 1.54) is 0 Å². The van der Waals surface area contributed by atoms with Crippen molar-refractivity contribution in [1.29, 1.82) is 0 Å². The van der Waals surface area contributed by atoms with Crippen molar-refractivity contribution in [3.05, 3.63) is 23.0 Å². The van der Waals surface area contributed by atoms with Crippen LogP contribution in [-0.2, 0) is 4.74 Å². The van der Waals surface area contributed by atoms with Gasteiger partial charge in [-0.2, -0.15) is 0 Å². The Morgan fingerprint density at radius 1 is 1.21 bits per heavy atom. The number of carbonyl (C=O) groups excluding carboxylic acids is 1. The number of carboxylic acid groups (broad SMARTS) is 1. The number of carbonyl (C=O) groups is 2. The Labute approximate surface area is 169 Å². The molecule has 1 aliphatic heterocycles. The van der Waals surface area contributed by atoms with Crippen molar-refractivity contribution in [2.24, 2.45) is 5.92 Å². The van der Waals surface area contributed by atoms with Gasteiger partial charge in [0, 0.05) is 24.4 Å². The Morgan fingerprint density at radius 2 is 1.79 bits per heavy atom. The number of fused-ring (bicyclic) bond motifs is 1. The molecule has 0 spiro atoms. The molecule has 1 heterocycles. The van der Waals surface area contributed by atoms with Crippen LogP contribution in [0.15, 0.2) is 6.07 Å². The van der Waals surface area contributed by atoms with Gasteiger partial charge in [-0.3, -0.25) is 0 Å². The first-order chi connectivity index (χ1) is 13.4. The van der Waals surface area contributed by atoms with Crippen LogP contribution in [0.3, 0.4) is 0 Å². The highest BCUT2D eigenvalue weighted by molar-refractivity contribution is 5.91. The van der Waals surface area contributed by atoms with E-state index in [2.05, 4.69) is 5.32 Å². The summed E-state index contributed by atoms with van der Waals surface area (Å²) in [6.07, 6.45) is 2.40. The SMILES string of the molecule is Cc1c(C(=O)O)cc(F)c2c1OC(C)([C@H]1CC[C@H](NC(=O)OC(C)(C)C)CC1)O2. The first-order valence-corrected chi connectivity index (χ1v) is 9.83. The Balaban J connectivity index is 1.66. The van der Waals surface area contributed by atoms with Crippen LogP contribution in [0.5, 0.6) is 11.5 Å². The maximum Gasteiger partial charge on any atom is 0.407 e. The second-order valence-corrected chi connectivity index (χ2v) is 8.91. The summed E-state index contributed by atoms with van der Waals surface area (Å²) in [4.78, 5) is 23.3. The Bertz CT molecular complexity index is 825. The number of benzene rings is 1. The molecular formula is C21H28FNO6. The van der Waals surface area contributed by atoms with E-state index in [0.29, 0.717) is 31.2 Å². The van der Waals surface area contributed by atoms with Crippen molar-refractivity contribution in [2.75, 3.05) is 0 Å². The van der Waals surface area contributed by atoms with Crippen LogP contribution < -0.4 is 14.8 Å². The third kappa shape index (κ3) is 4.41. The van der Waals surface area contributed by atoms with Crippen LogP contribution in [0, 0.1) is 18.7 Å². The molecule has 1 fully saturated rings. The topological polar surface area (TPSA) is 94.1 Å². The number of nitrogens with one attached hydrogen (secondary N) is 1. The molecule has 0 bridgehead atoms. The van der Waals surface area contributed by atoms with Gasteiger partial charge in [-0.15, -0.1) is 0 Å².